The summed E-state index contributed by atoms with van der Waals surface area (Å²) in [7, 11) is 3.61. The Kier molecular flexibility index (Phi) is 6.53. The highest BCUT2D eigenvalue weighted by Gasteiger charge is 2.05. The summed E-state index contributed by atoms with van der Waals surface area (Å²) in [4.78, 5) is 15.1. The Balaban J connectivity index is 1.85. The minimum absolute atomic E-state index is 0.565. The lowest BCUT2D eigenvalue weighted by molar-refractivity contribution is 0.672. The first kappa shape index (κ1) is 17.7. The van der Waals surface area contributed by atoms with E-state index in [2.05, 4.69) is 61.6 Å². The number of aliphatic imine (C=N–C) groups is 1. The summed E-state index contributed by atoms with van der Waals surface area (Å²) in [5, 5.41) is 10.5. The van der Waals surface area contributed by atoms with Crippen LogP contribution in [0.1, 0.15) is 25.2 Å². The molecule has 0 aliphatic rings. The summed E-state index contributed by atoms with van der Waals surface area (Å²) in [6.45, 7) is 7.40. The third-order valence-corrected chi connectivity index (χ3v) is 3.80. The Labute approximate surface area is 143 Å². The minimum Gasteiger partial charge on any atom is -0.357 e. The van der Waals surface area contributed by atoms with Crippen LogP contribution < -0.4 is 15.5 Å². The van der Waals surface area contributed by atoms with Crippen LogP contribution in [0.3, 0.4) is 0 Å². The van der Waals surface area contributed by atoms with Crippen LogP contribution in [0.4, 0.5) is 5.82 Å². The summed E-state index contributed by atoms with van der Waals surface area (Å²) >= 11 is 0. The highest BCUT2D eigenvalue weighted by Crippen LogP contribution is 2.10. The first-order valence-corrected chi connectivity index (χ1v) is 8.15. The molecule has 0 amide bonds. The fourth-order valence-electron chi connectivity index (χ4n) is 2.31. The maximum absolute atomic E-state index is 4.53. The lowest BCUT2D eigenvalue weighted by atomic mass is 10.2. The van der Waals surface area contributed by atoms with Gasteiger partial charge in [-0.3, -0.25) is 9.67 Å². The zero-order valence-electron chi connectivity index (χ0n) is 14.8. The first-order valence-electron chi connectivity index (χ1n) is 8.15. The van der Waals surface area contributed by atoms with Crippen molar-refractivity contribution < 1.29 is 0 Å². The second kappa shape index (κ2) is 8.85. The molecule has 2 rings (SSSR count). The van der Waals surface area contributed by atoms with Gasteiger partial charge in [-0.2, -0.15) is 5.10 Å². The number of pyridine rings is 1. The van der Waals surface area contributed by atoms with Crippen molar-refractivity contribution in [3.8, 4) is 0 Å². The highest BCUT2D eigenvalue weighted by molar-refractivity contribution is 5.79. The Morgan fingerprint density at radius 1 is 1.17 bits per heavy atom. The Bertz CT molecular complexity index is 642. The van der Waals surface area contributed by atoms with Crippen molar-refractivity contribution in [2.75, 3.05) is 25.0 Å². The van der Waals surface area contributed by atoms with Gasteiger partial charge in [-0.05, 0) is 25.5 Å². The molecule has 0 unspecified atom stereocenters. The standard InChI is InChI=1S/C16H26N8/c1-5-24(6-2)14-8-7-13(9-18-14)10-19-16(17-3)20-11-15-21-12-22-23(15)4/h7-9,12H,5-6,10-11H2,1-4H3,(H2,17,19,20). The third kappa shape index (κ3) is 4.68. The van der Waals surface area contributed by atoms with Crippen molar-refractivity contribution in [2.45, 2.75) is 26.9 Å². The number of nitrogens with zero attached hydrogens (tertiary/aromatic N) is 6. The molecular weight excluding hydrogens is 304 g/mol. The second-order valence-electron chi connectivity index (χ2n) is 5.28. The molecule has 130 valence electrons. The number of nitrogens with one attached hydrogen (secondary N) is 2. The van der Waals surface area contributed by atoms with E-state index >= 15 is 0 Å². The second-order valence-corrected chi connectivity index (χ2v) is 5.28. The van der Waals surface area contributed by atoms with Crippen LogP contribution in [0.15, 0.2) is 29.6 Å². The van der Waals surface area contributed by atoms with E-state index in [0.29, 0.717) is 19.0 Å². The van der Waals surface area contributed by atoms with Gasteiger partial charge in [0.1, 0.15) is 18.0 Å². The van der Waals surface area contributed by atoms with Gasteiger partial charge in [-0.25, -0.2) is 9.97 Å². The highest BCUT2D eigenvalue weighted by atomic mass is 15.3. The number of rotatable bonds is 7. The van der Waals surface area contributed by atoms with Crippen molar-refractivity contribution in [1.29, 1.82) is 0 Å². The molecule has 8 nitrogen and oxygen atoms in total. The summed E-state index contributed by atoms with van der Waals surface area (Å²) in [6, 6.07) is 4.14. The van der Waals surface area contributed by atoms with Gasteiger partial charge in [0.25, 0.3) is 0 Å². The van der Waals surface area contributed by atoms with Gasteiger partial charge in [0, 0.05) is 39.9 Å². The summed E-state index contributed by atoms with van der Waals surface area (Å²) in [5.41, 5.74) is 1.10. The number of guanidine groups is 1. The Morgan fingerprint density at radius 2 is 1.92 bits per heavy atom. The van der Waals surface area contributed by atoms with Crippen molar-refractivity contribution in [3.05, 3.63) is 36.0 Å². The van der Waals surface area contributed by atoms with E-state index in [9.17, 15) is 0 Å². The van der Waals surface area contributed by atoms with Crippen LogP contribution in [0.25, 0.3) is 0 Å². The molecule has 0 atom stereocenters. The Hall–Kier alpha value is -2.64. The maximum Gasteiger partial charge on any atom is 0.191 e. The summed E-state index contributed by atoms with van der Waals surface area (Å²) in [6.07, 6.45) is 3.44. The number of hydrogen-bond donors (Lipinski definition) is 2. The summed E-state index contributed by atoms with van der Waals surface area (Å²) < 4.78 is 1.73. The van der Waals surface area contributed by atoms with Crippen molar-refractivity contribution in [2.24, 2.45) is 12.0 Å². The molecule has 0 saturated carbocycles. The lowest BCUT2D eigenvalue weighted by Gasteiger charge is -2.19. The van der Waals surface area contributed by atoms with E-state index in [-0.39, 0.29) is 0 Å². The van der Waals surface area contributed by atoms with Gasteiger partial charge in [-0.15, -0.1) is 0 Å². The fourth-order valence-corrected chi connectivity index (χ4v) is 2.31. The zero-order valence-corrected chi connectivity index (χ0v) is 14.8. The van der Waals surface area contributed by atoms with E-state index in [0.717, 1.165) is 30.3 Å². The van der Waals surface area contributed by atoms with Crippen LogP contribution in [-0.2, 0) is 20.1 Å². The molecule has 0 spiro atoms. The number of hydrogen-bond acceptors (Lipinski definition) is 5. The molecule has 2 aromatic rings. The average Bonchev–Trinajstić information content (AvgIpc) is 3.02. The molecule has 0 radical (unpaired) electrons. The minimum atomic E-state index is 0.565. The first-order chi connectivity index (χ1) is 11.7. The SMILES string of the molecule is CCN(CC)c1ccc(CNC(=NC)NCc2ncnn2C)cn1. The van der Waals surface area contributed by atoms with Gasteiger partial charge < -0.3 is 15.5 Å². The van der Waals surface area contributed by atoms with E-state index in [1.807, 2.05) is 13.2 Å². The molecule has 0 bridgehead atoms. The number of aromatic nitrogens is 4. The van der Waals surface area contributed by atoms with Crippen LogP contribution in [0.5, 0.6) is 0 Å². The predicted octanol–water partition coefficient (Wildman–Crippen LogP) is 0.921. The van der Waals surface area contributed by atoms with Crippen LogP contribution in [0.2, 0.25) is 0 Å². The molecule has 0 aromatic carbocycles. The van der Waals surface area contributed by atoms with E-state index < -0.39 is 0 Å². The van der Waals surface area contributed by atoms with Crippen molar-refractivity contribution in [3.63, 3.8) is 0 Å². The molecule has 0 aliphatic carbocycles. The molecule has 2 N–H and O–H groups in total. The molecule has 0 fully saturated rings. The van der Waals surface area contributed by atoms with Gasteiger partial charge >= 0.3 is 0 Å². The monoisotopic (exact) mass is 330 g/mol. The molecule has 0 aliphatic heterocycles. The van der Waals surface area contributed by atoms with Crippen LogP contribution in [-0.4, -0.2) is 45.8 Å². The fraction of sp³-hybridized carbons (Fsp3) is 0.500. The lowest BCUT2D eigenvalue weighted by Crippen LogP contribution is -2.37. The molecule has 0 saturated heterocycles. The van der Waals surface area contributed by atoms with Crippen LogP contribution in [0, 0.1) is 0 Å². The maximum atomic E-state index is 4.53. The van der Waals surface area contributed by atoms with Gasteiger partial charge in [0.15, 0.2) is 5.96 Å². The van der Waals surface area contributed by atoms with Gasteiger partial charge in [0.05, 0.1) is 6.54 Å². The third-order valence-electron chi connectivity index (χ3n) is 3.80. The predicted molar refractivity (Wildman–Crippen MR) is 95.8 cm³/mol. The van der Waals surface area contributed by atoms with Crippen molar-refractivity contribution in [1.82, 2.24) is 30.4 Å². The molecule has 2 aromatic heterocycles. The molecule has 24 heavy (non-hydrogen) atoms. The topological polar surface area (TPSA) is 83.3 Å². The summed E-state index contributed by atoms with van der Waals surface area (Å²) in [5.74, 6) is 2.57. The Morgan fingerprint density at radius 3 is 2.46 bits per heavy atom. The quantitative estimate of drug-likeness (QED) is 0.580. The number of aryl methyl sites for hydroxylation is 1. The zero-order chi connectivity index (χ0) is 17.4. The molecular formula is C16H26N8. The van der Waals surface area contributed by atoms with Gasteiger partial charge in [0.2, 0.25) is 0 Å². The van der Waals surface area contributed by atoms with E-state index in [1.165, 1.54) is 6.33 Å². The largest absolute Gasteiger partial charge is 0.357 e. The normalized spacial score (nSPS) is 11.4. The molecule has 2 heterocycles. The van der Waals surface area contributed by atoms with Crippen LogP contribution >= 0.6 is 0 Å². The molecule has 8 heteroatoms. The van der Waals surface area contributed by atoms with E-state index in [4.69, 9.17) is 0 Å². The number of anilines is 1. The van der Waals surface area contributed by atoms with E-state index in [1.54, 1.807) is 11.7 Å². The smallest absolute Gasteiger partial charge is 0.191 e. The average molecular weight is 330 g/mol. The van der Waals surface area contributed by atoms with Crippen molar-refractivity contribution >= 4 is 11.8 Å². The van der Waals surface area contributed by atoms with Gasteiger partial charge in [-0.1, -0.05) is 6.07 Å².